The Labute approximate surface area is 259 Å². The molecule has 0 aliphatic rings. The summed E-state index contributed by atoms with van der Waals surface area (Å²) in [6.07, 6.45) is 15.7. The Hall–Kier alpha value is -2.64. The van der Waals surface area contributed by atoms with Crippen LogP contribution in [0.1, 0.15) is 110 Å². The van der Waals surface area contributed by atoms with Gasteiger partial charge in [-0.25, -0.2) is 0 Å². The van der Waals surface area contributed by atoms with Crippen LogP contribution in [0.3, 0.4) is 0 Å². The highest BCUT2D eigenvalue weighted by Crippen LogP contribution is 2.22. The van der Waals surface area contributed by atoms with Crippen molar-refractivity contribution in [1.82, 2.24) is 10.6 Å². The maximum absolute atomic E-state index is 12.7. The van der Waals surface area contributed by atoms with Crippen molar-refractivity contribution in [2.75, 3.05) is 12.3 Å². The molecule has 0 heterocycles. The number of hydrogen-bond acceptors (Lipinski definition) is 8. The molecule has 0 aliphatic carbocycles. The molecule has 0 aromatic carbocycles. The average Bonchev–Trinajstić information content (AvgIpc) is 2.95. The number of carbonyl (C=O) groups excluding carboxylic acids is 2. The number of aliphatic carboxylic acids is 3. The fourth-order valence-electron chi connectivity index (χ4n) is 4.27. The zero-order chi connectivity index (χ0) is 32.5. The minimum absolute atomic E-state index is 0.0356. The van der Waals surface area contributed by atoms with Gasteiger partial charge in [0, 0.05) is 23.8 Å². The smallest absolute Gasteiger partial charge is 0.322 e. The number of hydrogen-bond donors (Lipinski definition) is 7. The molecule has 0 aromatic rings. The predicted molar refractivity (Wildman–Crippen MR) is 167 cm³/mol. The number of nitrogens with one attached hydrogen (secondary N) is 2. The van der Waals surface area contributed by atoms with Gasteiger partial charge in [0.15, 0.2) is 0 Å². The molecule has 0 rings (SSSR count). The molecule has 43 heavy (non-hydrogen) atoms. The summed E-state index contributed by atoms with van der Waals surface area (Å²) < 4.78 is 0. The van der Waals surface area contributed by atoms with Crippen LogP contribution in [0.2, 0.25) is 0 Å². The average molecular weight is 632 g/mol. The van der Waals surface area contributed by atoms with Crippen LogP contribution in [0.4, 0.5) is 0 Å². The first kappa shape index (κ1) is 40.4. The number of amides is 2. The van der Waals surface area contributed by atoms with Crippen molar-refractivity contribution in [2.45, 2.75) is 133 Å². The summed E-state index contributed by atoms with van der Waals surface area (Å²) in [5, 5.41) is 41.7. The molecular weight excluding hydrogens is 578 g/mol. The topological polar surface area (TPSA) is 216 Å². The summed E-state index contributed by atoms with van der Waals surface area (Å²) >= 11 is 1.17. The molecule has 12 nitrogen and oxygen atoms in total. The van der Waals surface area contributed by atoms with Gasteiger partial charge in [0.1, 0.15) is 12.6 Å². The van der Waals surface area contributed by atoms with Gasteiger partial charge in [0.25, 0.3) is 0 Å². The predicted octanol–water partition coefficient (Wildman–Crippen LogP) is 3.45. The van der Waals surface area contributed by atoms with Crippen molar-refractivity contribution in [2.24, 2.45) is 5.73 Å². The lowest BCUT2D eigenvalue weighted by Crippen LogP contribution is -2.53. The van der Waals surface area contributed by atoms with Crippen molar-refractivity contribution < 1.29 is 44.4 Å². The number of allylic oxidation sites excluding steroid dienone is 1. The maximum Gasteiger partial charge on any atom is 0.322 e. The third-order valence-electron chi connectivity index (χ3n) is 6.83. The van der Waals surface area contributed by atoms with Crippen molar-refractivity contribution >= 4 is 41.5 Å². The first-order chi connectivity index (χ1) is 20.5. The SMILES string of the molecule is CCCCCCCCCCCC/C=C\[C@@H](SC[C@H](NC(=O)[C@@H](N)CCC(=O)O)C(=O)NCC(=O)O)[C@@H](O)CCCC(=O)O. The number of carboxylic acids is 3. The molecule has 0 aromatic heterocycles. The number of rotatable bonds is 28. The third kappa shape index (κ3) is 23.5. The van der Waals surface area contributed by atoms with E-state index in [4.69, 9.17) is 21.1 Å². The van der Waals surface area contributed by atoms with Crippen molar-refractivity contribution in [3.8, 4) is 0 Å². The summed E-state index contributed by atoms with van der Waals surface area (Å²) in [4.78, 5) is 57.9. The van der Waals surface area contributed by atoms with E-state index in [0.29, 0.717) is 0 Å². The van der Waals surface area contributed by atoms with Crippen molar-refractivity contribution in [3.63, 3.8) is 0 Å². The molecule has 0 aliphatic heterocycles. The van der Waals surface area contributed by atoms with Crippen LogP contribution in [-0.4, -0.2) is 85.9 Å². The van der Waals surface area contributed by atoms with Crippen molar-refractivity contribution in [1.29, 1.82) is 0 Å². The summed E-state index contributed by atoms with van der Waals surface area (Å²) in [5.74, 6) is -4.92. The standard InChI is InChI=1S/C30H53N3O9S/c1-2-3-4-5-6-7-8-9-10-11-12-13-16-25(24(34)15-14-17-26(35)36)43-21-23(30(42)32-20-28(39)40)33-29(41)22(31)18-19-27(37)38/h13,16,22-25,34H,2-12,14-15,17-21,31H2,1H3,(H,32,42)(H,33,41)(H,35,36)(H,37,38)(H,39,40)/b16-13-/t22-,23-,24-,25+/m0/s1. The van der Waals surface area contributed by atoms with E-state index in [1.165, 1.54) is 63.1 Å². The van der Waals surface area contributed by atoms with E-state index in [1.54, 1.807) is 0 Å². The lowest BCUT2D eigenvalue weighted by molar-refractivity contribution is -0.138. The zero-order valence-corrected chi connectivity index (χ0v) is 26.3. The van der Waals surface area contributed by atoms with E-state index in [2.05, 4.69) is 17.6 Å². The van der Waals surface area contributed by atoms with Crippen LogP contribution in [0.15, 0.2) is 12.2 Å². The summed E-state index contributed by atoms with van der Waals surface area (Å²) in [5.41, 5.74) is 5.77. The van der Waals surface area contributed by atoms with Crippen LogP contribution in [0, 0.1) is 0 Å². The van der Waals surface area contributed by atoms with Gasteiger partial charge in [-0.15, -0.1) is 11.8 Å². The van der Waals surface area contributed by atoms with Gasteiger partial charge >= 0.3 is 17.9 Å². The molecule has 0 radical (unpaired) electrons. The number of unbranched alkanes of at least 4 members (excludes halogenated alkanes) is 10. The van der Waals surface area contributed by atoms with Crippen LogP contribution >= 0.6 is 11.8 Å². The van der Waals surface area contributed by atoms with E-state index in [1.807, 2.05) is 12.2 Å². The Morgan fingerprint density at radius 2 is 1.35 bits per heavy atom. The van der Waals surface area contributed by atoms with E-state index in [0.717, 1.165) is 19.3 Å². The number of aliphatic hydroxyl groups is 1. The van der Waals surface area contributed by atoms with E-state index in [9.17, 15) is 29.1 Å². The summed E-state index contributed by atoms with van der Waals surface area (Å²) in [7, 11) is 0. The molecule has 0 bridgehead atoms. The Morgan fingerprint density at radius 3 is 1.91 bits per heavy atom. The molecule has 4 atom stereocenters. The first-order valence-electron chi connectivity index (χ1n) is 15.4. The quantitative estimate of drug-likeness (QED) is 0.0490. The molecule has 0 spiro atoms. The van der Waals surface area contributed by atoms with Gasteiger partial charge in [0.05, 0.1) is 12.1 Å². The highest BCUT2D eigenvalue weighted by molar-refractivity contribution is 8.00. The van der Waals surface area contributed by atoms with Gasteiger partial charge in [-0.2, -0.15) is 0 Å². The molecule has 0 fully saturated rings. The summed E-state index contributed by atoms with van der Waals surface area (Å²) in [6.45, 7) is 1.54. The van der Waals surface area contributed by atoms with Gasteiger partial charge < -0.3 is 36.8 Å². The lowest BCUT2D eigenvalue weighted by Gasteiger charge is -2.24. The highest BCUT2D eigenvalue weighted by Gasteiger charge is 2.27. The maximum atomic E-state index is 12.7. The van der Waals surface area contributed by atoms with Crippen molar-refractivity contribution in [3.05, 3.63) is 12.2 Å². The Bertz CT molecular complexity index is 857. The molecule has 0 unspecified atom stereocenters. The number of nitrogens with two attached hydrogens (primary N) is 1. The number of aliphatic hydroxyl groups excluding tert-OH is 1. The molecular formula is C30H53N3O9S. The molecule has 13 heteroatoms. The Balaban J connectivity index is 5.14. The Morgan fingerprint density at radius 1 is 0.767 bits per heavy atom. The molecule has 8 N–H and O–H groups in total. The fraction of sp³-hybridized carbons (Fsp3) is 0.767. The number of carboxylic acid groups (broad SMARTS) is 3. The van der Waals surface area contributed by atoms with Crippen LogP contribution < -0.4 is 16.4 Å². The number of thioether (sulfide) groups is 1. The largest absolute Gasteiger partial charge is 0.481 e. The van der Waals surface area contributed by atoms with E-state index < -0.39 is 59.7 Å². The fourth-order valence-corrected chi connectivity index (χ4v) is 5.50. The molecule has 0 saturated carbocycles. The van der Waals surface area contributed by atoms with Crippen LogP contribution in [0.25, 0.3) is 0 Å². The molecule has 0 saturated heterocycles. The van der Waals surface area contributed by atoms with Crippen LogP contribution in [0.5, 0.6) is 0 Å². The molecule has 248 valence electrons. The van der Waals surface area contributed by atoms with Crippen LogP contribution in [-0.2, 0) is 24.0 Å². The minimum Gasteiger partial charge on any atom is -0.481 e. The third-order valence-corrected chi connectivity index (χ3v) is 8.21. The second-order valence-corrected chi connectivity index (χ2v) is 12.0. The van der Waals surface area contributed by atoms with Gasteiger partial charge in [0.2, 0.25) is 11.8 Å². The molecule has 2 amide bonds. The summed E-state index contributed by atoms with van der Waals surface area (Å²) in [6, 6.07) is -2.38. The zero-order valence-electron chi connectivity index (χ0n) is 25.5. The lowest BCUT2D eigenvalue weighted by atomic mass is 10.1. The number of carbonyl (C=O) groups is 5. The first-order valence-corrected chi connectivity index (χ1v) is 16.5. The monoisotopic (exact) mass is 631 g/mol. The van der Waals surface area contributed by atoms with Gasteiger partial charge in [-0.1, -0.05) is 76.9 Å². The van der Waals surface area contributed by atoms with E-state index >= 15 is 0 Å². The second kappa shape index (κ2) is 25.8. The Kier molecular flexibility index (Phi) is 24.2. The van der Waals surface area contributed by atoms with E-state index in [-0.39, 0.29) is 37.9 Å². The van der Waals surface area contributed by atoms with Gasteiger partial charge in [-0.3, -0.25) is 24.0 Å². The minimum atomic E-state index is -1.27. The van der Waals surface area contributed by atoms with Gasteiger partial charge in [-0.05, 0) is 32.1 Å². The normalized spacial score (nSPS) is 14.1. The second-order valence-electron chi connectivity index (χ2n) is 10.8. The highest BCUT2D eigenvalue weighted by atomic mass is 32.2.